The highest BCUT2D eigenvalue weighted by Gasteiger charge is 2.20. The molecule has 1 N–H and O–H groups in total. The Morgan fingerprint density at radius 2 is 1.86 bits per heavy atom. The van der Waals surface area contributed by atoms with Gasteiger partial charge in [0.05, 0.1) is 22.0 Å². The molecule has 0 fully saturated rings. The van der Waals surface area contributed by atoms with Crippen LogP contribution in [0.1, 0.15) is 31.9 Å². The molecule has 1 heterocycles. The first-order valence-electron chi connectivity index (χ1n) is 8.38. The maximum absolute atomic E-state index is 12.5. The molecule has 0 saturated carbocycles. The highest BCUT2D eigenvalue weighted by atomic mass is 16.6. The zero-order valence-electron chi connectivity index (χ0n) is 15.4. The Morgan fingerprint density at radius 3 is 2.50 bits per heavy atom. The third kappa shape index (κ3) is 3.41. The molecule has 0 atom stereocenters. The minimum absolute atomic E-state index is 0.0846. The van der Waals surface area contributed by atoms with Crippen LogP contribution in [0.4, 0.5) is 5.69 Å². The molecule has 3 rings (SSSR count). The normalized spacial score (nSPS) is 12.0. The highest BCUT2D eigenvalue weighted by molar-refractivity contribution is 5.86. The van der Waals surface area contributed by atoms with Crippen LogP contribution in [-0.4, -0.2) is 20.8 Å². The van der Waals surface area contributed by atoms with Gasteiger partial charge in [-0.1, -0.05) is 32.9 Å². The number of hydrogen-bond acceptors (Lipinski definition) is 6. The Hall–Kier alpha value is -3.75. The van der Waals surface area contributed by atoms with Gasteiger partial charge < -0.3 is 10.1 Å². The fraction of sp³-hybridized carbons (Fsp3) is 0.211. The van der Waals surface area contributed by atoms with E-state index in [1.807, 2.05) is 20.8 Å². The van der Waals surface area contributed by atoms with Crippen molar-refractivity contribution in [2.45, 2.75) is 26.2 Å². The molecule has 0 aliphatic rings. The standard InChI is InChI=1S/C19H18N4O5/c1-19(2,3)12-8-11(16(24)15(9-12)23(27)28)10-20-22-17(25)13-6-4-5-7-14(13)21-18(22)26/h4-10,24H,1-3H3,(H,21,26)/p-1/b20-10+. The summed E-state index contributed by atoms with van der Waals surface area (Å²) in [5.41, 5.74) is -1.66. The van der Waals surface area contributed by atoms with Crippen molar-refractivity contribution in [3.8, 4) is 5.75 Å². The summed E-state index contributed by atoms with van der Waals surface area (Å²) in [6.07, 6.45) is 0.996. The molecule has 0 saturated heterocycles. The number of benzene rings is 2. The van der Waals surface area contributed by atoms with Crippen LogP contribution in [0.3, 0.4) is 0 Å². The number of aromatic amines is 1. The number of nitro benzene ring substituents is 1. The quantitative estimate of drug-likeness (QED) is 0.420. The summed E-state index contributed by atoms with van der Waals surface area (Å²) >= 11 is 0. The van der Waals surface area contributed by atoms with Gasteiger partial charge in [-0.25, -0.2) is 4.79 Å². The molecule has 144 valence electrons. The lowest BCUT2D eigenvalue weighted by Gasteiger charge is -2.22. The van der Waals surface area contributed by atoms with E-state index < -0.39 is 33.0 Å². The number of para-hydroxylation sites is 1. The molecule has 9 heteroatoms. The van der Waals surface area contributed by atoms with Crippen LogP contribution in [0.25, 0.3) is 10.9 Å². The van der Waals surface area contributed by atoms with E-state index in [0.717, 1.165) is 6.21 Å². The molecule has 0 aliphatic heterocycles. The van der Waals surface area contributed by atoms with Crippen LogP contribution in [-0.2, 0) is 5.41 Å². The molecule has 0 unspecified atom stereocenters. The van der Waals surface area contributed by atoms with Crippen molar-refractivity contribution < 1.29 is 10.0 Å². The molecule has 0 spiro atoms. The zero-order valence-corrected chi connectivity index (χ0v) is 15.4. The van der Waals surface area contributed by atoms with Gasteiger partial charge in [-0.05, 0) is 40.5 Å². The first-order chi connectivity index (χ1) is 13.1. The number of H-pyrrole nitrogens is 1. The number of nitro groups is 1. The lowest BCUT2D eigenvalue weighted by atomic mass is 9.85. The highest BCUT2D eigenvalue weighted by Crippen LogP contribution is 2.33. The van der Waals surface area contributed by atoms with E-state index in [4.69, 9.17) is 0 Å². The van der Waals surface area contributed by atoms with Crippen LogP contribution < -0.4 is 16.4 Å². The topological polar surface area (TPSA) is 133 Å². The van der Waals surface area contributed by atoms with E-state index in [0.29, 0.717) is 15.8 Å². The second-order valence-corrected chi connectivity index (χ2v) is 7.26. The van der Waals surface area contributed by atoms with E-state index in [9.17, 15) is 24.8 Å². The van der Waals surface area contributed by atoms with Gasteiger partial charge in [0.15, 0.2) is 0 Å². The van der Waals surface area contributed by atoms with Crippen LogP contribution in [0.15, 0.2) is 51.1 Å². The number of fused-ring (bicyclic) bond motifs is 1. The fourth-order valence-corrected chi connectivity index (χ4v) is 2.68. The van der Waals surface area contributed by atoms with Gasteiger partial charge in [-0.2, -0.15) is 5.10 Å². The third-order valence-corrected chi connectivity index (χ3v) is 4.26. The molecule has 28 heavy (non-hydrogen) atoms. The minimum Gasteiger partial charge on any atom is -0.867 e. The van der Waals surface area contributed by atoms with E-state index in [-0.39, 0.29) is 10.9 Å². The lowest BCUT2D eigenvalue weighted by molar-refractivity contribution is -0.398. The monoisotopic (exact) mass is 381 g/mol. The largest absolute Gasteiger partial charge is 0.867 e. The van der Waals surface area contributed by atoms with Gasteiger partial charge >= 0.3 is 5.69 Å². The molecule has 0 amide bonds. The summed E-state index contributed by atoms with van der Waals surface area (Å²) in [5.74, 6) is -0.841. The second kappa shape index (κ2) is 6.76. The van der Waals surface area contributed by atoms with Crippen molar-refractivity contribution in [1.82, 2.24) is 9.66 Å². The smallest absolute Gasteiger partial charge is 0.349 e. The first-order valence-corrected chi connectivity index (χ1v) is 8.38. The first kappa shape index (κ1) is 19.0. The lowest BCUT2D eigenvalue weighted by Crippen LogP contribution is -2.32. The SMILES string of the molecule is CC(C)(C)c1cc(/C=N/n2c(=O)[nH]c3ccccc3c2=O)c([O-])c([N+](=O)[O-])c1. The van der Waals surface area contributed by atoms with Crippen LogP contribution >= 0.6 is 0 Å². The Bertz CT molecular complexity index is 1230. The third-order valence-electron chi connectivity index (χ3n) is 4.26. The van der Waals surface area contributed by atoms with Crippen molar-refractivity contribution in [2.24, 2.45) is 5.10 Å². The Labute approximate surface area is 158 Å². The summed E-state index contributed by atoms with van der Waals surface area (Å²) < 4.78 is 0.581. The van der Waals surface area contributed by atoms with Crippen LogP contribution in [0.5, 0.6) is 5.75 Å². The fourth-order valence-electron chi connectivity index (χ4n) is 2.68. The zero-order chi connectivity index (χ0) is 20.6. The molecule has 9 nitrogen and oxygen atoms in total. The summed E-state index contributed by atoms with van der Waals surface area (Å²) in [4.78, 5) is 37.7. The molecule has 0 bridgehead atoms. The number of aromatic nitrogens is 2. The van der Waals surface area contributed by atoms with Gasteiger partial charge in [0, 0.05) is 6.07 Å². The number of nitrogens with one attached hydrogen (secondary N) is 1. The molecular weight excluding hydrogens is 364 g/mol. The Balaban J connectivity index is 2.19. The van der Waals surface area contributed by atoms with E-state index in [2.05, 4.69) is 10.1 Å². The maximum atomic E-state index is 12.5. The summed E-state index contributed by atoms with van der Waals surface area (Å²) in [5, 5.41) is 27.7. The predicted octanol–water partition coefficient (Wildman–Crippen LogP) is 1.85. The van der Waals surface area contributed by atoms with Crippen LogP contribution in [0.2, 0.25) is 0 Å². The van der Waals surface area contributed by atoms with Crippen molar-refractivity contribution in [2.75, 3.05) is 0 Å². The minimum atomic E-state index is -0.841. The molecular formula is C19H17N4O5-. The van der Waals surface area contributed by atoms with E-state index in [1.165, 1.54) is 18.2 Å². The maximum Gasteiger partial charge on any atom is 0.349 e. The summed E-state index contributed by atoms with van der Waals surface area (Å²) in [6, 6.07) is 9.13. The second-order valence-electron chi connectivity index (χ2n) is 7.26. The van der Waals surface area contributed by atoms with Crippen molar-refractivity contribution >= 4 is 22.8 Å². The van der Waals surface area contributed by atoms with E-state index in [1.54, 1.807) is 18.2 Å². The Kier molecular flexibility index (Phi) is 4.60. The van der Waals surface area contributed by atoms with Crippen molar-refractivity contribution in [1.29, 1.82) is 0 Å². The van der Waals surface area contributed by atoms with Gasteiger partial charge in [-0.3, -0.25) is 14.9 Å². The van der Waals surface area contributed by atoms with Gasteiger partial charge in [0.25, 0.3) is 11.2 Å². The van der Waals surface area contributed by atoms with Gasteiger partial charge in [0.2, 0.25) is 0 Å². The average Bonchev–Trinajstić information content (AvgIpc) is 2.61. The molecule has 1 aromatic heterocycles. The number of nitrogens with zero attached hydrogens (tertiary/aromatic N) is 3. The summed E-state index contributed by atoms with van der Waals surface area (Å²) in [7, 11) is 0. The van der Waals surface area contributed by atoms with Gasteiger partial charge in [0.1, 0.15) is 0 Å². The van der Waals surface area contributed by atoms with Gasteiger partial charge in [-0.15, -0.1) is 4.68 Å². The Morgan fingerprint density at radius 1 is 1.18 bits per heavy atom. The van der Waals surface area contributed by atoms with Crippen LogP contribution in [0, 0.1) is 10.1 Å². The molecule has 0 radical (unpaired) electrons. The molecule has 2 aromatic carbocycles. The van der Waals surface area contributed by atoms with Crippen molar-refractivity contribution in [3.63, 3.8) is 0 Å². The number of rotatable bonds is 3. The molecule has 0 aliphatic carbocycles. The summed E-state index contributed by atoms with van der Waals surface area (Å²) in [6.45, 7) is 5.53. The number of hydrogen-bond donors (Lipinski definition) is 1. The van der Waals surface area contributed by atoms with E-state index >= 15 is 0 Å². The average molecular weight is 381 g/mol. The molecule has 3 aromatic rings. The predicted molar refractivity (Wildman–Crippen MR) is 103 cm³/mol. The van der Waals surface area contributed by atoms with Crippen molar-refractivity contribution in [3.05, 3.63) is 78.5 Å².